The minimum Gasteiger partial charge on any atom is -0.361 e. The van der Waals surface area contributed by atoms with Crippen LogP contribution in [0, 0.1) is 6.92 Å². The fourth-order valence-electron chi connectivity index (χ4n) is 1.43. The van der Waals surface area contributed by atoms with E-state index in [9.17, 15) is 0 Å². The third kappa shape index (κ3) is 1.87. The Balaban J connectivity index is 2.70. The van der Waals surface area contributed by atoms with Gasteiger partial charge in [0.1, 0.15) is 5.76 Å². The van der Waals surface area contributed by atoms with Crippen LogP contribution in [-0.4, -0.2) is 5.16 Å². The molecule has 1 heterocycles. The van der Waals surface area contributed by atoms with Gasteiger partial charge < -0.3 is 4.52 Å². The van der Waals surface area contributed by atoms with Crippen molar-refractivity contribution in [3.05, 3.63) is 17.0 Å². The molecule has 2 heteroatoms. The van der Waals surface area contributed by atoms with Crippen LogP contribution < -0.4 is 0 Å². The third-order valence-electron chi connectivity index (χ3n) is 2.19. The molecule has 0 bridgehead atoms. The standard InChI is InChI=1S/C10H17NO/c1-4-6-7-10-9(5-2)8(3)12-11-10/h4-7H2,1-3H3. The van der Waals surface area contributed by atoms with Crippen LogP contribution >= 0.6 is 0 Å². The molecule has 0 saturated heterocycles. The van der Waals surface area contributed by atoms with Gasteiger partial charge in [0.15, 0.2) is 0 Å². The molecule has 1 rings (SSSR count). The van der Waals surface area contributed by atoms with Gasteiger partial charge in [-0.3, -0.25) is 0 Å². The fraction of sp³-hybridized carbons (Fsp3) is 0.700. The topological polar surface area (TPSA) is 26.0 Å². The van der Waals surface area contributed by atoms with Gasteiger partial charge >= 0.3 is 0 Å². The summed E-state index contributed by atoms with van der Waals surface area (Å²) in [6, 6.07) is 0. The SMILES string of the molecule is CCCCc1noc(C)c1CC. The van der Waals surface area contributed by atoms with Crippen molar-refractivity contribution in [1.82, 2.24) is 5.16 Å². The van der Waals surface area contributed by atoms with Crippen LogP contribution in [0.1, 0.15) is 43.7 Å². The van der Waals surface area contributed by atoms with E-state index in [1.165, 1.54) is 18.4 Å². The van der Waals surface area contributed by atoms with E-state index in [1.54, 1.807) is 0 Å². The van der Waals surface area contributed by atoms with Crippen LogP contribution in [-0.2, 0) is 12.8 Å². The van der Waals surface area contributed by atoms with Gasteiger partial charge in [-0.05, 0) is 26.2 Å². The maximum atomic E-state index is 5.13. The van der Waals surface area contributed by atoms with Crippen molar-refractivity contribution in [2.45, 2.75) is 46.5 Å². The number of hydrogen-bond donors (Lipinski definition) is 0. The summed E-state index contributed by atoms with van der Waals surface area (Å²) in [5, 5.41) is 4.05. The molecule has 0 N–H and O–H groups in total. The van der Waals surface area contributed by atoms with Crippen LogP contribution in [0.5, 0.6) is 0 Å². The normalized spacial score (nSPS) is 10.6. The molecule has 0 atom stereocenters. The van der Waals surface area contributed by atoms with Crippen molar-refractivity contribution in [1.29, 1.82) is 0 Å². The first-order valence-electron chi connectivity index (χ1n) is 4.73. The first-order valence-corrected chi connectivity index (χ1v) is 4.73. The zero-order chi connectivity index (χ0) is 8.97. The molecule has 2 nitrogen and oxygen atoms in total. The average molecular weight is 167 g/mol. The molecular weight excluding hydrogens is 150 g/mol. The molecule has 0 amide bonds. The summed E-state index contributed by atoms with van der Waals surface area (Å²) >= 11 is 0. The van der Waals surface area contributed by atoms with Gasteiger partial charge in [0, 0.05) is 5.56 Å². The first-order chi connectivity index (χ1) is 5.79. The number of hydrogen-bond acceptors (Lipinski definition) is 2. The zero-order valence-electron chi connectivity index (χ0n) is 8.18. The Morgan fingerprint density at radius 1 is 1.33 bits per heavy atom. The Morgan fingerprint density at radius 2 is 2.08 bits per heavy atom. The molecule has 0 fully saturated rings. The van der Waals surface area contributed by atoms with Crippen LogP contribution in [0.15, 0.2) is 4.52 Å². The zero-order valence-corrected chi connectivity index (χ0v) is 8.18. The largest absolute Gasteiger partial charge is 0.361 e. The van der Waals surface area contributed by atoms with Crippen molar-refractivity contribution in [2.75, 3.05) is 0 Å². The Morgan fingerprint density at radius 3 is 2.67 bits per heavy atom. The predicted octanol–water partition coefficient (Wildman–Crippen LogP) is 2.89. The van der Waals surface area contributed by atoms with Crippen molar-refractivity contribution in [2.24, 2.45) is 0 Å². The summed E-state index contributed by atoms with van der Waals surface area (Å²) in [6.07, 6.45) is 4.53. The second-order valence-corrected chi connectivity index (χ2v) is 3.12. The van der Waals surface area contributed by atoms with Gasteiger partial charge in [-0.15, -0.1) is 0 Å². The molecule has 0 radical (unpaired) electrons. The van der Waals surface area contributed by atoms with Crippen LogP contribution in [0.2, 0.25) is 0 Å². The van der Waals surface area contributed by atoms with Crippen molar-refractivity contribution >= 4 is 0 Å². The second kappa shape index (κ2) is 4.29. The molecule has 0 aromatic carbocycles. The molecule has 1 aromatic heterocycles. The summed E-state index contributed by atoms with van der Waals surface area (Å²) in [4.78, 5) is 0. The lowest BCUT2D eigenvalue weighted by Gasteiger charge is -1.96. The van der Waals surface area contributed by atoms with Crippen LogP contribution in [0.4, 0.5) is 0 Å². The van der Waals surface area contributed by atoms with E-state index < -0.39 is 0 Å². The Hall–Kier alpha value is -0.790. The minimum atomic E-state index is 0.989. The quantitative estimate of drug-likeness (QED) is 0.689. The van der Waals surface area contributed by atoms with E-state index in [1.807, 2.05) is 6.92 Å². The second-order valence-electron chi connectivity index (χ2n) is 3.12. The van der Waals surface area contributed by atoms with Crippen molar-refractivity contribution in [3.63, 3.8) is 0 Å². The van der Waals surface area contributed by atoms with Gasteiger partial charge in [0.25, 0.3) is 0 Å². The molecular formula is C10H17NO. The molecule has 1 aromatic rings. The molecule has 0 aliphatic carbocycles. The molecule has 0 aliphatic heterocycles. The Labute approximate surface area is 74.0 Å². The smallest absolute Gasteiger partial charge is 0.137 e. The Kier molecular flexibility index (Phi) is 3.32. The fourth-order valence-corrected chi connectivity index (χ4v) is 1.43. The lowest BCUT2D eigenvalue weighted by Crippen LogP contribution is -1.91. The van der Waals surface area contributed by atoms with E-state index in [0.29, 0.717) is 0 Å². The van der Waals surface area contributed by atoms with E-state index in [-0.39, 0.29) is 0 Å². The van der Waals surface area contributed by atoms with E-state index in [4.69, 9.17) is 4.52 Å². The lowest BCUT2D eigenvalue weighted by molar-refractivity contribution is 0.389. The maximum absolute atomic E-state index is 5.13. The number of unbranched alkanes of at least 4 members (excludes halogenated alkanes) is 1. The maximum Gasteiger partial charge on any atom is 0.137 e. The van der Waals surface area contributed by atoms with E-state index >= 15 is 0 Å². The highest BCUT2D eigenvalue weighted by Crippen LogP contribution is 2.15. The highest BCUT2D eigenvalue weighted by Gasteiger charge is 2.09. The monoisotopic (exact) mass is 167 g/mol. The summed E-state index contributed by atoms with van der Waals surface area (Å²) in [5.74, 6) is 0.989. The summed E-state index contributed by atoms with van der Waals surface area (Å²) < 4.78 is 5.13. The van der Waals surface area contributed by atoms with E-state index in [2.05, 4.69) is 19.0 Å². The number of aromatic nitrogens is 1. The van der Waals surface area contributed by atoms with Gasteiger partial charge in [0.2, 0.25) is 0 Å². The van der Waals surface area contributed by atoms with Crippen molar-refractivity contribution in [3.8, 4) is 0 Å². The Bertz CT molecular complexity index is 240. The lowest BCUT2D eigenvalue weighted by atomic mass is 10.1. The van der Waals surface area contributed by atoms with Crippen LogP contribution in [0.25, 0.3) is 0 Å². The molecule has 68 valence electrons. The minimum absolute atomic E-state index is 0.989. The van der Waals surface area contributed by atoms with Gasteiger partial charge in [0.05, 0.1) is 5.69 Å². The summed E-state index contributed by atoms with van der Waals surface area (Å²) in [5.41, 5.74) is 2.47. The number of aryl methyl sites for hydroxylation is 2. The number of nitrogens with zero attached hydrogens (tertiary/aromatic N) is 1. The highest BCUT2D eigenvalue weighted by molar-refractivity contribution is 5.21. The van der Waals surface area contributed by atoms with Gasteiger partial charge in [-0.2, -0.15) is 0 Å². The molecule has 0 unspecified atom stereocenters. The number of rotatable bonds is 4. The molecule has 12 heavy (non-hydrogen) atoms. The summed E-state index contributed by atoms with van der Waals surface area (Å²) in [6.45, 7) is 6.33. The third-order valence-corrected chi connectivity index (χ3v) is 2.19. The van der Waals surface area contributed by atoms with Gasteiger partial charge in [-0.1, -0.05) is 25.4 Å². The van der Waals surface area contributed by atoms with E-state index in [0.717, 1.165) is 24.3 Å². The summed E-state index contributed by atoms with van der Waals surface area (Å²) in [7, 11) is 0. The van der Waals surface area contributed by atoms with Gasteiger partial charge in [-0.25, -0.2) is 0 Å². The molecule has 0 saturated carbocycles. The van der Waals surface area contributed by atoms with Crippen molar-refractivity contribution < 1.29 is 4.52 Å². The molecule has 0 aliphatic rings. The predicted molar refractivity (Wildman–Crippen MR) is 49.2 cm³/mol. The average Bonchev–Trinajstić information content (AvgIpc) is 2.43. The molecule has 0 spiro atoms. The van der Waals surface area contributed by atoms with Crippen LogP contribution in [0.3, 0.4) is 0 Å². The highest BCUT2D eigenvalue weighted by atomic mass is 16.5. The first kappa shape index (κ1) is 9.30.